The molecule has 4 aromatic rings. The minimum Gasteiger partial charge on any atom is -0.372 e. The van der Waals surface area contributed by atoms with E-state index in [1.807, 2.05) is 37.3 Å². The third-order valence-electron chi connectivity index (χ3n) is 6.11. The Hall–Kier alpha value is -3.72. The van der Waals surface area contributed by atoms with Crippen LogP contribution in [0.15, 0.2) is 78.9 Å². The van der Waals surface area contributed by atoms with Gasteiger partial charge in [-0.25, -0.2) is 0 Å². The van der Waals surface area contributed by atoms with Crippen LogP contribution in [0.5, 0.6) is 0 Å². The molecule has 0 N–H and O–H groups in total. The maximum atomic E-state index is 13.5. The molecule has 0 spiro atoms. The highest BCUT2D eigenvalue weighted by atomic mass is 16.1. The topological polar surface area (TPSA) is 33.2 Å². The van der Waals surface area contributed by atoms with Crippen molar-refractivity contribution >= 4 is 28.4 Å². The Morgan fingerprint density at radius 2 is 1.55 bits per heavy atom. The number of aromatic nitrogens is 1. The van der Waals surface area contributed by atoms with Crippen molar-refractivity contribution in [2.75, 3.05) is 18.0 Å². The van der Waals surface area contributed by atoms with Gasteiger partial charge in [-0.15, -0.1) is 0 Å². The molecule has 0 aliphatic rings. The minimum absolute atomic E-state index is 0.0332. The van der Waals surface area contributed by atoms with E-state index in [-0.39, 0.29) is 5.78 Å². The number of hydrogen-bond acceptors (Lipinski definition) is 3. The van der Waals surface area contributed by atoms with Crippen molar-refractivity contribution in [2.24, 2.45) is 0 Å². The lowest BCUT2D eigenvalue weighted by molar-refractivity contribution is 0.104. The quantitative estimate of drug-likeness (QED) is 0.227. The average Bonchev–Trinajstić information content (AvgIpc) is 2.84. The number of carbonyl (C=O) groups excluding carboxylic acids is 1. The molecule has 0 amide bonds. The number of benzene rings is 3. The van der Waals surface area contributed by atoms with Gasteiger partial charge in [0.15, 0.2) is 5.78 Å². The summed E-state index contributed by atoms with van der Waals surface area (Å²) in [6, 6.07) is 24.7. The van der Waals surface area contributed by atoms with Gasteiger partial charge in [0.25, 0.3) is 0 Å². The molecule has 0 atom stereocenters. The number of allylic oxidation sites excluding steroid dienone is 1. The Kier molecular flexibility index (Phi) is 6.69. The molecule has 3 aromatic carbocycles. The predicted molar refractivity (Wildman–Crippen MR) is 140 cm³/mol. The van der Waals surface area contributed by atoms with Crippen LogP contribution in [-0.4, -0.2) is 23.9 Å². The van der Waals surface area contributed by atoms with Gasteiger partial charge in [-0.1, -0.05) is 66.2 Å². The maximum absolute atomic E-state index is 13.5. The summed E-state index contributed by atoms with van der Waals surface area (Å²) in [6.07, 6.45) is 3.56. The molecule has 3 heteroatoms. The molecule has 0 aliphatic carbocycles. The molecule has 0 fully saturated rings. The Morgan fingerprint density at radius 1 is 0.879 bits per heavy atom. The van der Waals surface area contributed by atoms with Crippen molar-refractivity contribution in [2.45, 2.75) is 27.7 Å². The van der Waals surface area contributed by atoms with Crippen LogP contribution < -0.4 is 4.90 Å². The van der Waals surface area contributed by atoms with Gasteiger partial charge in [0.2, 0.25) is 0 Å². The van der Waals surface area contributed by atoms with Crippen LogP contribution >= 0.6 is 0 Å². The number of rotatable bonds is 7. The number of carbonyl (C=O) groups is 1. The van der Waals surface area contributed by atoms with Crippen LogP contribution in [0.25, 0.3) is 28.1 Å². The van der Waals surface area contributed by atoms with Gasteiger partial charge in [-0.2, -0.15) is 0 Å². The number of para-hydroxylation sites is 1. The van der Waals surface area contributed by atoms with Crippen LogP contribution in [0.4, 0.5) is 5.69 Å². The normalized spacial score (nSPS) is 11.3. The Morgan fingerprint density at radius 3 is 2.21 bits per heavy atom. The molecule has 4 rings (SSSR count). The Labute approximate surface area is 196 Å². The largest absolute Gasteiger partial charge is 0.372 e. The monoisotopic (exact) mass is 434 g/mol. The van der Waals surface area contributed by atoms with Gasteiger partial charge in [0.1, 0.15) is 0 Å². The highest BCUT2D eigenvalue weighted by Gasteiger charge is 2.18. The second-order valence-corrected chi connectivity index (χ2v) is 8.29. The van der Waals surface area contributed by atoms with Gasteiger partial charge in [-0.3, -0.25) is 9.78 Å². The number of fused-ring (bicyclic) bond motifs is 1. The maximum Gasteiger partial charge on any atom is 0.188 e. The minimum atomic E-state index is -0.0332. The van der Waals surface area contributed by atoms with E-state index in [9.17, 15) is 4.79 Å². The summed E-state index contributed by atoms with van der Waals surface area (Å²) in [7, 11) is 0. The van der Waals surface area contributed by atoms with Crippen molar-refractivity contribution in [3.05, 3.63) is 101 Å². The molecular weight excluding hydrogens is 404 g/mol. The van der Waals surface area contributed by atoms with Crippen molar-refractivity contribution in [1.29, 1.82) is 0 Å². The summed E-state index contributed by atoms with van der Waals surface area (Å²) < 4.78 is 0. The fourth-order valence-corrected chi connectivity index (χ4v) is 4.30. The fourth-order valence-electron chi connectivity index (χ4n) is 4.30. The molecule has 1 heterocycles. The molecule has 0 bridgehead atoms. The summed E-state index contributed by atoms with van der Waals surface area (Å²) in [5.41, 5.74) is 7.67. The number of nitrogens with zero attached hydrogens (tertiary/aromatic N) is 2. The van der Waals surface area contributed by atoms with Crippen molar-refractivity contribution in [1.82, 2.24) is 4.98 Å². The lowest BCUT2D eigenvalue weighted by Gasteiger charge is -2.20. The van der Waals surface area contributed by atoms with Crippen LogP contribution in [0.3, 0.4) is 0 Å². The SMILES string of the molecule is CCN(CC)c1ccc(/C=C\C(=O)c2c(C)nc3ccccc3c2-c2ccc(C)cc2)cc1. The first-order chi connectivity index (χ1) is 16.0. The zero-order valence-electron chi connectivity index (χ0n) is 19.8. The number of aryl methyl sites for hydroxylation is 2. The molecular formula is C30H30N2O. The zero-order valence-corrected chi connectivity index (χ0v) is 19.8. The molecule has 0 saturated carbocycles. The van der Waals surface area contributed by atoms with E-state index in [4.69, 9.17) is 4.98 Å². The number of ketones is 1. The van der Waals surface area contributed by atoms with E-state index >= 15 is 0 Å². The highest BCUT2D eigenvalue weighted by molar-refractivity contribution is 6.16. The number of pyridine rings is 1. The van der Waals surface area contributed by atoms with Gasteiger partial charge < -0.3 is 4.90 Å². The zero-order chi connectivity index (χ0) is 23.4. The van der Waals surface area contributed by atoms with E-state index in [2.05, 4.69) is 74.2 Å². The molecule has 0 unspecified atom stereocenters. The van der Waals surface area contributed by atoms with Gasteiger partial charge in [-0.05, 0) is 63.1 Å². The first kappa shape index (κ1) is 22.5. The summed E-state index contributed by atoms with van der Waals surface area (Å²) in [5, 5.41) is 0.993. The second-order valence-electron chi connectivity index (χ2n) is 8.29. The summed E-state index contributed by atoms with van der Waals surface area (Å²) >= 11 is 0. The number of anilines is 1. The van der Waals surface area contributed by atoms with Crippen LogP contribution in [0.2, 0.25) is 0 Å². The van der Waals surface area contributed by atoms with E-state index in [1.54, 1.807) is 6.08 Å². The third kappa shape index (κ3) is 4.73. The van der Waals surface area contributed by atoms with Crippen LogP contribution in [0.1, 0.15) is 41.0 Å². The summed E-state index contributed by atoms with van der Waals surface area (Å²) in [4.78, 5) is 20.5. The summed E-state index contributed by atoms with van der Waals surface area (Å²) in [6.45, 7) is 10.2. The van der Waals surface area contributed by atoms with Crippen molar-refractivity contribution in [3.63, 3.8) is 0 Å². The van der Waals surface area contributed by atoms with Crippen LogP contribution in [-0.2, 0) is 0 Å². The molecule has 0 radical (unpaired) electrons. The first-order valence-corrected chi connectivity index (χ1v) is 11.6. The Balaban J connectivity index is 1.74. The highest BCUT2D eigenvalue weighted by Crippen LogP contribution is 2.34. The van der Waals surface area contributed by atoms with Crippen molar-refractivity contribution in [3.8, 4) is 11.1 Å². The molecule has 0 saturated heterocycles. The molecule has 33 heavy (non-hydrogen) atoms. The van der Waals surface area contributed by atoms with Crippen molar-refractivity contribution < 1.29 is 4.79 Å². The smallest absolute Gasteiger partial charge is 0.188 e. The first-order valence-electron chi connectivity index (χ1n) is 11.6. The second kappa shape index (κ2) is 9.83. The third-order valence-corrected chi connectivity index (χ3v) is 6.11. The van der Waals surface area contributed by atoms with Gasteiger partial charge in [0, 0.05) is 35.4 Å². The average molecular weight is 435 g/mol. The molecule has 1 aromatic heterocycles. The van der Waals surface area contributed by atoms with Crippen LogP contribution in [0, 0.1) is 13.8 Å². The summed E-state index contributed by atoms with van der Waals surface area (Å²) in [5.74, 6) is -0.0332. The number of hydrogen-bond donors (Lipinski definition) is 0. The molecule has 0 aliphatic heterocycles. The molecule has 3 nitrogen and oxygen atoms in total. The standard InChI is InChI=1S/C30H30N2O/c1-5-32(6-2)25-18-13-23(14-19-25)15-20-28(33)29-22(4)31-27-10-8-7-9-26(27)30(29)24-16-11-21(3)12-17-24/h7-20H,5-6H2,1-4H3/b20-15-. The fraction of sp³-hybridized carbons (Fsp3) is 0.200. The van der Waals surface area contributed by atoms with E-state index in [1.165, 1.54) is 11.3 Å². The lowest BCUT2D eigenvalue weighted by Crippen LogP contribution is -2.21. The predicted octanol–water partition coefficient (Wildman–Crippen LogP) is 7.26. The van der Waals surface area contributed by atoms with Gasteiger partial charge >= 0.3 is 0 Å². The van der Waals surface area contributed by atoms with E-state index < -0.39 is 0 Å². The van der Waals surface area contributed by atoms with E-state index in [0.717, 1.165) is 46.4 Å². The molecule has 166 valence electrons. The lowest BCUT2D eigenvalue weighted by atomic mass is 9.91. The van der Waals surface area contributed by atoms with Gasteiger partial charge in [0.05, 0.1) is 11.1 Å². The van der Waals surface area contributed by atoms with E-state index in [0.29, 0.717) is 5.56 Å². The Bertz CT molecular complexity index is 1300.